The predicted octanol–water partition coefficient (Wildman–Crippen LogP) is 0.882. The minimum atomic E-state index is -0.404. The van der Waals surface area contributed by atoms with Crippen LogP contribution in [-0.4, -0.2) is 25.2 Å². The molecule has 0 aromatic carbocycles. The second-order valence-corrected chi connectivity index (χ2v) is 2.36. The lowest BCUT2D eigenvalue weighted by molar-refractivity contribution is -0.132. The highest BCUT2D eigenvalue weighted by molar-refractivity contribution is 5.95. The molecule has 0 atom stereocenters. The van der Waals surface area contributed by atoms with E-state index in [1.54, 1.807) is 19.9 Å². The Hall–Kier alpha value is -1.32. The van der Waals surface area contributed by atoms with Crippen molar-refractivity contribution in [1.29, 1.82) is 0 Å². The average Bonchev–Trinajstić information content (AvgIpc) is 2.55. The maximum Gasteiger partial charge on any atom is 0.391 e. The van der Waals surface area contributed by atoms with Gasteiger partial charge in [-0.2, -0.15) is 0 Å². The molecule has 0 unspecified atom stereocenters. The largest absolute Gasteiger partial charge is 0.448 e. The first kappa shape index (κ1) is 8.77. The van der Waals surface area contributed by atoms with Gasteiger partial charge >= 0.3 is 12.1 Å². The summed E-state index contributed by atoms with van der Waals surface area (Å²) in [6.07, 6.45) is 1.76. The minimum Gasteiger partial charge on any atom is -0.448 e. The van der Waals surface area contributed by atoms with E-state index in [2.05, 4.69) is 4.99 Å². The van der Waals surface area contributed by atoms with Gasteiger partial charge in [0.1, 0.15) is 6.61 Å². The highest BCUT2D eigenvalue weighted by atomic mass is 16.7. The van der Waals surface area contributed by atoms with Gasteiger partial charge < -0.3 is 9.47 Å². The van der Waals surface area contributed by atoms with E-state index in [0.29, 0.717) is 18.7 Å². The lowest BCUT2D eigenvalue weighted by Crippen LogP contribution is -2.13. The number of ether oxygens (including phenoxy) is 2. The van der Waals surface area contributed by atoms with Crippen LogP contribution in [0.15, 0.2) is 16.6 Å². The van der Waals surface area contributed by atoms with E-state index in [1.165, 1.54) is 0 Å². The number of rotatable bonds is 1. The predicted molar refractivity (Wildman–Crippen MR) is 43.8 cm³/mol. The Bertz CT molecular complexity index is 243. The van der Waals surface area contributed by atoms with Gasteiger partial charge in [-0.05, 0) is 13.8 Å². The molecule has 66 valence electrons. The van der Waals surface area contributed by atoms with Crippen LogP contribution in [0.25, 0.3) is 0 Å². The highest BCUT2D eigenvalue weighted by Crippen LogP contribution is 2.01. The molecule has 0 amide bonds. The first-order valence-corrected chi connectivity index (χ1v) is 3.76. The first-order chi connectivity index (χ1) is 5.74. The van der Waals surface area contributed by atoms with Crippen LogP contribution in [-0.2, 0) is 14.3 Å². The molecule has 0 saturated heterocycles. The standard InChI is InChI=1S/C8H11NO3/c1-3-6(2)7(10)12-8-9-4-5-11-8/h3H,4-5H2,1-2H3. The molecule has 0 bridgehead atoms. The number of hydrogen-bond acceptors (Lipinski definition) is 4. The van der Waals surface area contributed by atoms with E-state index in [-0.39, 0.29) is 6.08 Å². The highest BCUT2D eigenvalue weighted by Gasteiger charge is 2.14. The third-order valence-corrected chi connectivity index (χ3v) is 1.49. The van der Waals surface area contributed by atoms with E-state index in [9.17, 15) is 4.79 Å². The van der Waals surface area contributed by atoms with Crippen molar-refractivity contribution < 1.29 is 14.3 Å². The van der Waals surface area contributed by atoms with Crippen molar-refractivity contribution in [2.24, 2.45) is 4.99 Å². The van der Waals surface area contributed by atoms with Crippen molar-refractivity contribution >= 4 is 12.1 Å². The van der Waals surface area contributed by atoms with E-state index < -0.39 is 5.97 Å². The average molecular weight is 169 g/mol. The summed E-state index contributed by atoms with van der Waals surface area (Å²) in [6.45, 7) is 4.51. The lowest BCUT2D eigenvalue weighted by atomic mass is 10.3. The Balaban J connectivity index is 2.46. The fourth-order valence-corrected chi connectivity index (χ4v) is 0.655. The van der Waals surface area contributed by atoms with Crippen LogP contribution in [0.4, 0.5) is 0 Å². The number of carbonyl (C=O) groups excluding carboxylic acids is 1. The smallest absolute Gasteiger partial charge is 0.391 e. The Morgan fingerprint density at radius 1 is 1.75 bits per heavy atom. The fraction of sp³-hybridized carbons (Fsp3) is 0.500. The van der Waals surface area contributed by atoms with E-state index in [1.807, 2.05) is 0 Å². The Morgan fingerprint density at radius 2 is 2.50 bits per heavy atom. The zero-order valence-electron chi connectivity index (χ0n) is 7.16. The Kier molecular flexibility index (Phi) is 2.85. The van der Waals surface area contributed by atoms with Crippen molar-refractivity contribution in [2.75, 3.05) is 13.2 Å². The molecule has 1 aliphatic heterocycles. The van der Waals surface area contributed by atoms with E-state index in [4.69, 9.17) is 9.47 Å². The van der Waals surface area contributed by atoms with Gasteiger partial charge in [0.2, 0.25) is 0 Å². The summed E-state index contributed by atoms with van der Waals surface area (Å²) in [7, 11) is 0. The number of nitrogens with zero attached hydrogens (tertiary/aromatic N) is 1. The lowest BCUT2D eigenvalue weighted by Gasteiger charge is -2.01. The molecule has 0 saturated carbocycles. The van der Waals surface area contributed by atoms with Crippen LogP contribution in [0.3, 0.4) is 0 Å². The SMILES string of the molecule is CC=C(C)C(=O)OC1=NCCO1. The summed E-state index contributed by atoms with van der Waals surface area (Å²) in [5, 5.41) is 0. The zero-order chi connectivity index (χ0) is 8.97. The molecule has 1 heterocycles. The molecular formula is C8H11NO3. The molecule has 0 radical (unpaired) electrons. The third kappa shape index (κ3) is 2.08. The Labute approximate surface area is 70.9 Å². The van der Waals surface area contributed by atoms with Gasteiger partial charge in [0.25, 0.3) is 0 Å². The molecule has 0 N–H and O–H groups in total. The van der Waals surface area contributed by atoms with Gasteiger partial charge in [-0.3, -0.25) is 0 Å². The summed E-state index contributed by atoms with van der Waals surface area (Å²) in [5.41, 5.74) is 0.549. The topological polar surface area (TPSA) is 47.9 Å². The van der Waals surface area contributed by atoms with Crippen LogP contribution in [0, 0.1) is 0 Å². The molecule has 1 rings (SSSR count). The molecule has 0 aromatic heterocycles. The zero-order valence-corrected chi connectivity index (χ0v) is 7.16. The van der Waals surface area contributed by atoms with Gasteiger partial charge in [0.05, 0.1) is 6.54 Å². The van der Waals surface area contributed by atoms with Crippen molar-refractivity contribution in [2.45, 2.75) is 13.8 Å². The number of aliphatic imine (C=N–C) groups is 1. The van der Waals surface area contributed by atoms with Crippen molar-refractivity contribution in [1.82, 2.24) is 0 Å². The molecule has 0 fully saturated rings. The van der Waals surface area contributed by atoms with E-state index in [0.717, 1.165) is 0 Å². The monoisotopic (exact) mass is 169 g/mol. The van der Waals surface area contributed by atoms with Crippen LogP contribution < -0.4 is 0 Å². The third-order valence-electron chi connectivity index (χ3n) is 1.49. The summed E-state index contributed by atoms with van der Waals surface area (Å²) in [6, 6.07) is 0. The van der Waals surface area contributed by atoms with E-state index >= 15 is 0 Å². The summed E-state index contributed by atoms with van der Waals surface area (Å²) >= 11 is 0. The first-order valence-electron chi connectivity index (χ1n) is 3.76. The second-order valence-electron chi connectivity index (χ2n) is 2.36. The van der Waals surface area contributed by atoms with Crippen molar-refractivity contribution in [3.63, 3.8) is 0 Å². The van der Waals surface area contributed by atoms with Gasteiger partial charge in [-0.1, -0.05) is 6.08 Å². The summed E-state index contributed by atoms with van der Waals surface area (Å²) in [4.78, 5) is 14.9. The molecule has 0 aliphatic carbocycles. The van der Waals surface area contributed by atoms with Crippen LogP contribution in [0.2, 0.25) is 0 Å². The fourth-order valence-electron chi connectivity index (χ4n) is 0.655. The number of hydrogen-bond donors (Lipinski definition) is 0. The van der Waals surface area contributed by atoms with Crippen LogP contribution >= 0.6 is 0 Å². The maximum atomic E-state index is 11.1. The molecular weight excluding hydrogens is 158 g/mol. The molecule has 4 heteroatoms. The summed E-state index contributed by atoms with van der Waals surface area (Å²) < 4.78 is 9.68. The minimum absolute atomic E-state index is 0.0844. The molecule has 1 aliphatic rings. The summed E-state index contributed by atoms with van der Waals surface area (Å²) in [5.74, 6) is -0.404. The molecule has 0 aromatic rings. The normalized spacial score (nSPS) is 16.8. The molecule has 12 heavy (non-hydrogen) atoms. The number of allylic oxidation sites excluding steroid dienone is 1. The van der Waals surface area contributed by atoms with Gasteiger partial charge in [0.15, 0.2) is 0 Å². The Morgan fingerprint density at radius 3 is 3.00 bits per heavy atom. The molecule has 0 spiro atoms. The van der Waals surface area contributed by atoms with Gasteiger partial charge in [-0.15, -0.1) is 0 Å². The quantitative estimate of drug-likeness (QED) is 0.432. The number of esters is 1. The van der Waals surface area contributed by atoms with Crippen LogP contribution in [0.5, 0.6) is 0 Å². The number of carbonyl (C=O) groups is 1. The molecule has 4 nitrogen and oxygen atoms in total. The van der Waals surface area contributed by atoms with Crippen molar-refractivity contribution in [3.05, 3.63) is 11.6 Å². The van der Waals surface area contributed by atoms with Crippen LogP contribution in [0.1, 0.15) is 13.8 Å². The van der Waals surface area contributed by atoms with Crippen molar-refractivity contribution in [3.8, 4) is 0 Å². The second kappa shape index (κ2) is 3.90. The van der Waals surface area contributed by atoms with Gasteiger partial charge in [-0.25, -0.2) is 9.79 Å². The maximum absolute atomic E-state index is 11.1. The van der Waals surface area contributed by atoms with Gasteiger partial charge in [0, 0.05) is 5.57 Å².